The first-order valence-electron chi connectivity index (χ1n) is 33.6. The van der Waals surface area contributed by atoms with Gasteiger partial charge in [0.25, 0.3) is 7.82 Å². The van der Waals surface area contributed by atoms with Crippen molar-refractivity contribution in [2.24, 2.45) is 0 Å². The molecule has 0 heterocycles. The van der Waals surface area contributed by atoms with Crippen LogP contribution >= 0.6 is 7.82 Å². The van der Waals surface area contributed by atoms with Crippen LogP contribution in [0.5, 0.6) is 0 Å². The molecule has 0 aliphatic heterocycles. The number of rotatable bonds is 61. The van der Waals surface area contributed by atoms with Gasteiger partial charge in [0, 0.05) is 6.42 Å². The van der Waals surface area contributed by atoms with Crippen molar-refractivity contribution in [1.82, 2.24) is 5.32 Å². The number of nitrogens with one attached hydrogen (secondary N) is 1. The Bertz CT molecular complexity index is 1620. The molecule has 0 aliphatic carbocycles. The van der Waals surface area contributed by atoms with Crippen LogP contribution in [-0.2, 0) is 18.4 Å². The van der Waals surface area contributed by atoms with Crippen molar-refractivity contribution in [3.8, 4) is 0 Å². The molecular formula is C71H129N2O6P. The number of amides is 1. The maximum atomic E-state index is 13.0. The largest absolute Gasteiger partial charge is 0.756 e. The fraction of sp³-hybridized carbons (Fsp3) is 0.761. The quantitative estimate of drug-likeness (QED) is 0.0272. The molecule has 9 heteroatoms. The molecule has 0 saturated heterocycles. The molecular weight excluding hydrogens is 1010 g/mol. The van der Waals surface area contributed by atoms with Crippen molar-refractivity contribution in [1.29, 1.82) is 0 Å². The van der Waals surface area contributed by atoms with Crippen LogP contribution in [0, 0.1) is 0 Å². The standard InChI is InChI=1S/C71H129N2O6P/c1-6-8-10-12-14-16-18-20-22-24-26-28-30-31-32-33-34-35-36-37-38-39-40-41-43-45-47-49-51-53-55-57-59-61-63-65-71(75)72-69(68-79-80(76,77)78-67-66-73(3,4)5)70(74)64-62-60-58-56-54-52-50-48-46-44-42-29-27-25-23-21-19-17-15-13-11-9-7-2/h8,10,14,16,20,22,26,28,31-32,34-35,54,56,62,64,69-70,74H,6-7,9,11-13,15,17-19,21,23-25,27,29-30,33,36-53,55,57-61,63,65-68H2,1-5H3,(H-,72,75,76,77)/b10-8-,16-14-,22-20-,28-26-,32-31-,35-34-,56-54+,64-62+. The summed E-state index contributed by atoms with van der Waals surface area (Å²) in [5.41, 5.74) is 0. The Balaban J connectivity index is 4.11. The first-order chi connectivity index (χ1) is 39.0. The molecule has 0 aromatic carbocycles. The van der Waals surface area contributed by atoms with E-state index in [9.17, 15) is 19.4 Å². The Hall–Kier alpha value is -2.58. The lowest BCUT2D eigenvalue weighted by Gasteiger charge is -2.29. The summed E-state index contributed by atoms with van der Waals surface area (Å²) in [6.07, 6.45) is 88.0. The van der Waals surface area contributed by atoms with Gasteiger partial charge in [0.15, 0.2) is 0 Å². The van der Waals surface area contributed by atoms with Crippen LogP contribution in [-0.4, -0.2) is 68.5 Å². The molecule has 464 valence electrons. The summed E-state index contributed by atoms with van der Waals surface area (Å²) < 4.78 is 23.4. The van der Waals surface area contributed by atoms with E-state index in [0.29, 0.717) is 17.4 Å². The number of phosphoric acid groups is 1. The van der Waals surface area contributed by atoms with Gasteiger partial charge >= 0.3 is 0 Å². The number of hydrogen-bond acceptors (Lipinski definition) is 6. The lowest BCUT2D eigenvalue weighted by molar-refractivity contribution is -0.870. The molecule has 0 saturated carbocycles. The van der Waals surface area contributed by atoms with Crippen LogP contribution in [0.1, 0.15) is 296 Å². The van der Waals surface area contributed by atoms with E-state index in [2.05, 4.69) is 104 Å². The average Bonchev–Trinajstić information content (AvgIpc) is 3.42. The Morgan fingerprint density at radius 2 is 0.775 bits per heavy atom. The van der Waals surface area contributed by atoms with Gasteiger partial charge in [-0.2, -0.15) is 0 Å². The van der Waals surface area contributed by atoms with Crippen molar-refractivity contribution in [2.45, 2.75) is 309 Å². The second kappa shape index (κ2) is 61.0. The normalized spacial score (nSPS) is 14.3. The van der Waals surface area contributed by atoms with Crippen molar-refractivity contribution < 1.29 is 32.9 Å². The molecule has 1 amide bonds. The smallest absolute Gasteiger partial charge is 0.268 e. The lowest BCUT2D eigenvalue weighted by Crippen LogP contribution is -2.45. The molecule has 0 aromatic rings. The summed E-state index contributed by atoms with van der Waals surface area (Å²) in [4.78, 5) is 25.6. The topological polar surface area (TPSA) is 108 Å². The van der Waals surface area contributed by atoms with E-state index in [1.54, 1.807) is 6.08 Å². The van der Waals surface area contributed by atoms with Gasteiger partial charge < -0.3 is 28.8 Å². The molecule has 3 unspecified atom stereocenters. The van der Waals surface area contributed by atoms with E-state index < -0.39 is 26.6 Å². The third kappa shape index (κ3) is 63.0. The van der Waals surface area contributed by atoms with Gasteiger partial charge in [0.2, 0.25) is 5.91 Å². The minimum absolute atomic E-state index is 0.00867. The third-order valence-electron chi connectivity index (χ3n) is 14.8. The second-order valence-electron chi connectivity index (χ2n) is 23.8. The average molecular weight is 1140 g/mol. The fourth-order valence-electron chi connectivity index (χ4n) is 9.59. The predicted molar refractivity (Wildman–Crippen MR) is 348 cm³/mol. The summed E-state index contributed by atoms with van der Waals surface area (Å²) in [5, 5.41) is 13.9. The van der Waals surface area contributed by atoms with Gasteiger partial charge in [-0.1, -0.05) is 304 Å². The number of aliphatic hydroxyl groups excluding tert-OH is 1. The molecule has 0 aromatic heterocycles. The second-order valence-corrected chi connectivity index (χ2v) is 25.2. The first kappa shape index (κ1) is 77.4. The van der Waals surface area contributed by atoms with Crippen molar-refractivity contribution in [3.63, 3.8) is 0 Å². The molecule has 0 spiro atoms. The van der Waals surface area contributed by atoms with Crippen molar-refractivity contribution >= 4 is 13.7 Å². The van der Waals surface area contributed by atoms with Gasteiger partial charge in [0.1, 0.15) is 13.2 Å². The maximum absolute atomic E-state index is 13.0. The Morgan fingerprint density at radius 1 is 0.450 bits per heavy atom. The maximum Gasteiger partial charge on any atom is 0.268 e. The monoisotopic (exact) mass is 1140 g/mol. The third-order valence-corrected chi connectivity index (χ3v) is 15.7. The number of nitrogens with zero attached hydrogens (tertiary/aromatic N) is 1. The van der Waals surface area contributed by atoms with E-state index >= 15 is 0 Å². The van der Waals surface area contributed by atoms with E-state index in [4.69, 9.17) is 9.05 Å². The van der Waals surface area contributed by atoms with Crippen LogP contribution in [0.25, 0.3) is 0 Å². The van der Waals surface area contributed by atoms with Crippen molar-refractivity contribution in [3.05, 3.63) is 97.2 Å². The number of phosphoric ester groups is 1. The van der Waals surface area contributed by atoms with Crippen LogP contribution < -0.4 is 10.2 Å². The van der Waals surface area contributed by atoms with Crippen LogP contribution in [0.2, 0.25) is 0 Å². The number of carbonyl (C=O) groups excluding carboxylic acids is 1. The number of unbranched alkanes of at least 4 members (excludes halogenated alkanes) is 34. The highest BCUT2D eigenvalue weighted by atomic mass is 31.2. The number of carbonyl (C=O) groups is 1. The van der Waals surface area contributed by atoms with Gasteiger partial charge in [-0.05, 0) is 83.5 Å². The minimum Gasteiger partial charge on any atom is -0.756 e. The minimum atomic E-state index is -4.61. The van der Waals surface area contributed by atoms with E-state index in [-0.39, 0.29) is 12.5 Å². The molecule has 0 radical (unpaired) electrons. The zero-order valence-electron chi connectivity index (χ0n) is 53.0. The molecule has 0 aliphatic rings. The number of allylic oxidation sites excluding steroid dienone is 15. The summed E-state index contributed by atoms with van der Waals surface area (Å²) in [7, 11) is 1.24. The fourth-order valence-corrected chi connectivity index (χ4v) is 10.3. The van der Waals surface area contributed by atoms with Crippen LogP contribution in [0.15, 0.2) is 97.2 Å². The van der Waals surface area contributed by atoms with Gasteiger partial charge in [0.05, 0.1) is 39.9 Å². The highest BCUT2D eigenvalue weighted by molar-refractivity contribution is 7.45. The summed E-state index contributed by atoms with van der Waals surface area (Å²) in [6.45, 7) is 4.54. The van der Waals surface area contributed by atoms with Gasteiger partial charge in [-0.15, -0.1) is 0 Å². The zero-order chi connectivity index (χ0) is 58.4. The molecule has 0 rings (SSSR count). The number of hydrogen-bond donors (Lipinski definition) is 2. The Kier molecular flexibility index (Phi) is 59.0. The lowest BCUT2D eigenvalue weighted by atomic mass is 10.0. The van der Waals surface area contributed by atoms with E-state index in [1.165, 1.54) is 199 Å². The van der Waals surface area contributed by atoms with Crippen LogP contribution in [0.4, 0.5) is 0 Å². The summed E-state index contributed by atoms with van der Waals surface area (Å²) in [6, 6.07) is -0.909. The summed E-state index contributed by atoms with van der Waals surface area (Å²) >= 11 is 0. The zero-order valence-corrected chi connectivity index (χ0v) is 53.9. The number of quaternary nitrogens is 1. The highest BCUT2D eigenvalue weighted by Gasteiger charge is 2.23. The number of aliphatic hydroxyl groups is 1. The molecule has 3 atom stereocenters. The Labute approximate surface area is 496 Å². The first-order valence-corrected chi connectivity index (χ1v) is 35.1. The molecule has 0 bridgehead atoms. The summed E-state index contributed by atoms with van der Waals surface area (Å²) in [5.74, 6) is -0.207. The molecule has 2 N–H and O–H groups in total. The SMILES string of the molecule is CC/C=C\C/C=C\C/C=C\C/C=C\C/C=C\C/C=C\CCCCCCCCCCCCCCCCCCC(=O)NC(COP(=O)([O-])OCC[N+](C)(C)C)C(O)/C=C/CC/C=C/CCCCCCCCCCCCCCCCCCC. The molecule has 8 nitrogen and oxygen atoms in total. The van der Waals surface area contributed by atoms with Crippen LogP contribution in [0.3, 0.4) is 0 Å². The number of likely N-dealkylation sites (N-methyl/N-ethyl adjacent to an activating group) is 1. The Morgan fingerprint density at radius 3 is 1.16 bits per heavy atom. The van der Waals surface area contributed by atoms with Gasteiger partial charge in [-0.25, -0.2) is 0 Å². The highest BCUT2D eigenvalue weighted by Crippen LogP contribution is 2.38. The predicted octanol–water partition coefficient (Wildman–Crippen LogP) is 20.7. The van der Waals surface area contributed by atoms with Gasteiger partial charge in [-0.3, -0.25) is 9.36 Å². The molecule has 80 heavy (non-hydrogen) atoms. The van der Waals surface area contributed by atoms with E-state index in [0.717, 1.165) is 77.0 Å². The molecule has 0 fully saturated rings. The van der Waals surface area contributed by atoms with Crippen molar-refractivity contribution in [2.75, 3.05) is 40.9 Å². The van der Waals surface area contributed by atoms with E-state index in [1.807, 2.05) is 27.2 Å².